The number of rotatable bonds is 9. The number of methoxy groups -OCH3 is 6. The van der Waals surface area contributed by atoms with E-state index >= 15 is 0 Å². The minimum atomic E-state index is 0.169. The summed E-state index contributed by atoms with van der Waals surface area (Å²) in [4.78, 5) is 45.7. The average molecular weight is 994 g/mol. The highest BCUT2D eigenvalue weighted by atomic mass is 16.5. The predicted molar refractivity (Wildman–Crippen MR) is 284 cm³/mol. The van der Waals surface area contributed by atoms with Crippen molar-refractivity contribution in [2.45, 2.75) is 138 Å². The summed E-state index contributed by atoms with van der Waals surface area (Å²) in [6, 6.07) is 13.0. The molecule has 3 saturated heterocycles. The molecule has 6 atom stereocenters. The van der Waals surface area contributed by atoms with Crippen LogP contribution in [0.2, 0.25) is 0 Å². The van der Waals surface area contributed by atoms with E-state index in [9.17, 15) is 14.4 Å². The fraction of sp³-hybridized carbons (Fsp3) is 0.650. The van der Waals surface area contributed by atoms with Gasteiger partial charge in [0.2, 0.25) is 0 Å². The molecule has 396 valence electrons. The van der Waals surface area contributed by atoms with Gasteiger partial charge in [-0.05, 0) is 125 Å². The molecule has 72 heavy (non-hydrogen) atoms. The van der Waals surface area contributed by atoms with Crippen molar-refractivity contribution in [3.63, 3.8) is 0 Å². The van der Waals surface area contributed by atoms with Crippen molar-refractivity contribution in [2.24, 2.45) is 34.0 Å². The van der Waals surface area contributed by atoms with Gasteiger partial charge in [0.1, 0.15) is 17.3 Å². The zero-order valence-electron chi connectivity index (χ0n) is 46.6. The van der Waals surface area contributed by atoms with Crippen LogP contribution in [0.25, 0.3) is 0 Å². The molecule has 3 fully saturated rings. The van der Waals surface area contributed by atoms with Gasteiger partial charge in [0.05, 0.1) is 42.7 Å². The Bertz CT molecular complexity index is 2160. The lowest BCUT2D eigenvalue weighted by Crippen LogP contribution is -2.47. The van der Waals surface area contributed by atoms with Crippen LogP contribution in [0.1, 0.15) is 152 Å². The van der Waals surface area contributed by atoms with E-state index in [-0.39, 0.29) is 52.1 Å². The number of ketones is 3. The molecule has 3 aromatic rings. The van der Waals surface area contributed by atoms with Gasteiger partial charge in [-0.1, -0.05) is 62.3 Å². The zero-order chi connectivity index (χ0) is 52.4. The predicted octanol–water partition coefficient (Wildman–Crippen LogP) is 10.9. The first-order valence-corrected chi connectivity index (χ1v) is 26.5. The summed E-state index contributed by atoms with van der Waals surface area (Å²) in [5.41, 5.74) is 8.15. The largest absolute Gasteiger partial charge is 0.493 e. The molecule has 6 aliphatic heterocycles. The number of benzene rings is 3. The second-order valence-corrected chi connectivity index (χ2v) is 24.9. The van der Waals surface area contributed by atoms with Crippen LogP contribution in [-0.4, -0.2) is 114 Å². The normalized spacial score (nSPS) is 24.3. The van der Waals surface area contributed by atoms with Gasteiger partial charge in [0.25, 0.3) is 0 Å². The number of nitrogens with zero attached hydrogens (tertiary/aromatic N) is 3. The molecule has 9 rings (SSSR count). The van der Waals surface area contributed by atoms with E-state index in [0.717, 1.165) is 112 Å². The van der Waals surface area contributed by atoms with Gasteiger partial charge in [-0.3, -0.25) is 29.1 Å². The molecule has 0 unspecified atom stereocenters. The van der Waals surface area contributed by atoms with Crippen molar-refractivity contribution in [1.82, 2.24) is 14.7 Å². The molecular formula is C60H87N3O9. The maximum absolute atomic E-state index is 12.7. The number of piperidine rings is 3. The Balaban J connectivity index is 0.000000158. The molecule has 0 spiro atoms. The van der Waals surface area contributed by atoms with Gasteiger partial charge in [0, 0.05) is 94.4 Å². The summed E-state index contributed by atoms with van der Waals surface area (Å²) < 4.78 is 32.7. The fourth-order valence-electron chi connectivity index (χ4n) is 12.6. The molecule has 6 aliphatic rings. The van der Waals surface area contributed by atoms with E-state index in [2.05, 4.69) is 113 Å². The Labute approximate surface area is 431 Å². The number of Topliss-reactive ketones (excluding diaryl/α,β-unsaturated/α-hetero) is 3. The molecule has 0 amide bonds. The van der Waals surface area contributed by atoms with E-state index in [1.807, 2.05) is 0 Å². The highest BCUT2D eigenvalue weighted by Gasteiger charge is 2.43. The third kappa shape index (κ3) is 12.8. The van der Waals surface area contributed by atoms with Crippen LogP contribution < -0.4 is 28.4 Å². The number of carbonyl (C=O) groups is 3. The summed E-state index contributed by atoms with van der Waals surface area (Å²) >= 11 is 0. The Hall–Kier alpha value is -4.65. The Morgan fingerprint density at radius 1 is 0.389 bits per heavy atom. The summed E-state index contributed by atoms with van der Waals surface area (Å²) in [6.07, 6.45) is 7.75. The summed E-state index contributed by atoms with van der Waals surface area (Å²) in [5, 5.41) is 0. The lowest BCUT2D eigenvalue weighted by Gasteiger charge is -2.44. The van der Waals surface area contributed by atoms with Gasteiger partial charge < -0.3 is 28.4 Å². The lowest BCUT2D eigenvalue weighted by atomic mass is 9.76. The molecule has 12 heteroatoms. The lowest BCUT2D eigenvalue weighted by molar-refractivity contribution is -0.130. The number of carbonyl (C=O) groups excluding carboxylic acids is 3. The van der Waals surface area contributed by atoms with E-state index in [1.165, 1.54) is 33.4 Å². The van der Waals surface area contributed by atoms with E-state index in [0.29, 0.717) is 36.6 Å². The molecule has 0 bridgehead atoms. The third-order valence-electron chi connectivity index (χ3n) is 15.8. The summed E-state index contributed by atoms with van der Waals surface area (Å²) in [6.45, 7) is 25.7. The Morgan fingerprint density at radius 3 is 0.819 bits per heavy atom. The third-order valence-corrected chi connectivity index (χ3v) is 15.8. The topological polar surface area (TPSA) is 116 Å². The second kappa shape index (κ2) is 22.4. The monoisotopic (exact) mass is 994 g/mol. The van der Waals surface area contributed by atoms with Crippen LogP contribution in [0.15, 0.2) is 36.4 Å². The highest BCUT2D eigenvalue weighted by Crippen LogP contribution is 2.47. The molecule has 6 heterocycles. The van der Waals surface area contributed by atoms with Crippen molar-refractivity contribution in [3.05, 3.63) is 69.8 Å². The van der Waals surface area contributed by atoms with Gasteiger partial charge in [0.15, 0.2) is 34.5 Å². The summed E-state index contributed by atoms with van der Waals surface area (Å²) in [7, 11) is 9.99. The number of fused-ring (bicyclic) bond motifs is 9. The van der Waals surface area contributed by atoms with Crippen LogP contribution in [-0.2, 0) is 33.6 Å². The molecule has 0 aliphatic carbocycles. The van der Waals surface area contributed by atoms with Crippen LogP contribution in [0.5, 0.6) is 34.5 Å². The molecular weight excluding hydrogens is 907 g/mol. The Morgan fingerprint density at radius 2 is 0.611 bits per heavy atom. The first-order valence-electron chi connectivity index (χ1n) is 26.5. The fourth-order valence-corrected chi connectivity index (χ4v) is 12.6. The standard InChI is InChI=1S/3C20H29NO3/c3*1-20(2,3)11-14-12-21-7-6-13-8-18(23-4)19(24-5)9-15(13)16(21)10-17(14)22/h3*8-9,14,16H,6-7,10-12H2,1-5H3/t3*14-,16-/m000/s1. The molecule has 3 aromatic carbocycles. The molecule has 0 radical (unpaired) electrons. The Kier molecular flexibility index (Phi) is 17.2. The zero-order valence-corrected chi connectivity index (χ0v) is 46.6. The quantitative estimate of drug-likeness (QED) is 0.203. The second-order valence-electron chi connectivity index (χ2n) is 24.9. The van der Waals surface area contributed by atoms with Crippen molar-refractivity contribution in [3.8, 4) is 34.5 Å². The van der Waals surface area contributed by atoms with Gasteiger partial charge in [-0.15, -0.1) is 0 Å². The van der Waals surface area contributed by atoms with Crippen LogP contribution >= 0.6 is 0 Å². The van der Waals surface area contributed by atoms with Crippen LogP contribution in [0, 0.1) is 34.0 Å². The van der Waals surface area contributed by atoms with Gasteiger partial charge in [-0.2, -0.15) is 0 Å². The first-order chi connectivity index (χ1) is 34.0. The van der Waals surface area contributed by atoms with E-state index in [4.69, 9.17) is 28.4 Å². The minimum absolute atomic E-state index is 0.169. The van der Waals surface area contributed by atoms with Crippen molar-refractivity contribution in [2.75, 3.05) is 81.9 Å². The van der Waals surface area contributed by atoms with Gasteiger partial charge >= 0.3 is 0 Å². The molecule has 0 saturated carbocycles. The van der Waals surface area contributed by atoms with Crippen molar-refractivity contribution < 1.29 is 42.8 Å². The first kappa shape index (κ1) is 55.1. The maximum Gasteiger partial charge on any atom is 0.161 e. The number of hydrogen-bond acceptors (Lipinski definition) is 12. The number of hydrogen-bond donors (Lipinski definition) is 0. The SMILES string of the molecule is COc1cc2c(cc1OC)[C@@H]1CC(=O)[C@@H](CC(C)(C)C)CN1CC2.COc1cc2c(cc1OC)[C@@H]1CC(=O)[C@@H](CC(C)(C)C)CN1CC2.COc1cc2c(cc1OC)[C@@H]1CC(=O)[C@@H](CC(C)(C)C)CN1CC2. The summed E-state index contributed by atoms with van der Waals surface area (Å²) in [5.74, 6) is 6.32. The van der Waals surface area contributed by atoms with Crippen molar-refractivity contribution in [1.29, 1.82) is 0 Å². The van der Waals surface area contributed by atoms with Crippen LogP contribution in [0.4, 0.5) is 0 Å². The molecule has 0 aromatic heterocycles. The van der Waals surface area contributed by atoms with E-state index < -0.39 is 0 Å². The maximum atomic E-state index is 12.7. The molecule has 12 nitrogen and oxygen atoms in total. The van der Waals surface area contributed by atoms with Gasteiger partial charge in [-0.25, -0.2) is 0 Å². The smallest absolute Gasteiger partial charge is 0.161 e. The minimum Gasteiger partial charge on any atom is -0.493 e. The highest BCUT2D eigenvalue weighted by molar-refractivity contribution is 5.84. The van der Waals surface area contributed by atoms with Crippen LogP contribution in [0.3, 0.4) is 0 Å². The van der Waals surface area contributed by atoms with E-state index in [1.54, 1.807) is 42.7 Å². The van der Waals surface area contributed by atoms with Crippen molar-refractivity contribution >= 4 is 17.3 Å². The molecule has 0 N–H and O–H groups in total. The number of ether oxygens (including phenoxy) is 6. The average Bonchev–Trinajstić information content (AvgIpc) is 3.32.